The van der Waals surface area contributed by atoms with Crippen molar-refractivity contribution >= 4 is 0 Å². The molecule has 0 aromatic carbocycles. The highest BCUT2D eigenvalue weighted by atomic mass is 16.9. The van der Waals surface area contributed by atoms with E-state index >= 15 is 0 Å². The highest BCUT2D eigenvalue weighted by Gasteiger charge is 2.68. The van der Waals surface area contributed by atoms with Crippen LogP contribution >= 0.6 is 0 Å². The Bertz CT molecular complexity index is 484. The zero-order valence-corrected chi connectivity index (χ0v) is 13.8. The van der Waals surface area contributed by atoms with Gasteiger partial charge in [0.05, 0.1) is 25.9 Å². The first-order valence-corrected chi connectivity index (χ1v) is 8.55. The summed E-state index contributed by atoms with van der Waals surface area (Å²) in [7, 11) is 0. The molecule has 22 heavy (non-hydrogen) atoms. The molecule has 2 heterocycles. The van der Waals surface area contributed by atoms with Gasteiger partial charge >= 0.3 is 0 Å². The van der Waals surface area contributed by atoms with Crippen molar-refractivity contribution in [3.63, 3.8) is 0 Å². The third-order valence-electron chi connectivity index (χ3n) is 7.42. The summed E-state index contributed by atoms with van der Waals surface area (Å²) in [6.07, 6.45) is 3.12. The molecule has 0 aromatic heterocycles. The van der Waals surface area contributed by atoms with Gasteiger partial charge in [-0.25, -0.2) is 0 Å². The Hall–Kier alpha value is -0.200. The fraction of sp³-hybridized carbons (Fsp3) is 1.00. The van der Waals surface area contributed by atoms with Gasteiger partial charge in [-0.1, -0.05) is 13.8 Å². The maximum atomic E-state index is 10.5. The van der Waals surface area contributed by atoms with Gasteiger partial charge in [0.1, 0.15) is 5.60 Å². The maximum absolute atomic E-state index is 10.5. The first kappa shape index (κ1) is 15.3. The summed E-state index contributed by atoms with van der Waals surface area (Å²) in [6, 6.07) is 0. The normalized spacial score (nSPS) is 60.7. The summed E-state index contributed by atoms with van der Waals surface area (Å²) < 4.78 is 17.9. The minimum Gasteiger partial charge on any atom is -0.396 e. The zero-order valence-electron chi connectivity index (χ0n) is 13.8. The molecule has 0 amide bonds. The van der Waals surface area contributed by atoms with Gasteiger partial charge in [-0.05, 0) is 37.0 Å². The van der Waals surface area contributed by atoms with Gasteiger partial charge in [0.15, 0.2) is 0 Å². The lowest BCUT2D eigenvalue weighted by atomic mass is 9.44. The quantitative estimate of drug-likeness (QED) is 0.771. The topological polar surface area (TPSA) is 68.2 Å². The standard InChI is InChI=1S/C17H28O5/c1-14-6-5-13(19)15(2,9-18)11(14)4-7-17-10-21-16(3,22-17)20-8-12(14)17/h11-13,18-19H,4-10H2,1-3H3/t11?,12-,13+,14+,15-,16-,17+/m0/s1. The van der Waals surface area contributed by atoms with Gasteiger partial charge in [0.2, 0.25) is 0 Å². The summed E-state index contributed by atoms with van der Waals surface area (Å²) in [6.45, 7) is 7.46. The van der Waals surface area contributed by atoms with Crippen LogP contribution in [0.1, 0.15) is 46.5 Å². The molecular formula is C17H28O5. The summed E-state index contributed by atoms with van der Waals surface area (Å²) in [4.78, 5) is 0. The number of ether oxygens (including phenoxy) is 3. The molecule has 2 aliphatic heterocycles. The van der Waals surface area contributed by atoms with Gasteiger partial charge in [0.25, 0.3) is 5.97 Å². The van der Waals surface area contributed by atoms with Crippen molar-refractivity contribution in [1.82, 2.24) is 0 Å². The van der Waals surface area contributed by atoms with Crippen molar-refractivity contribution in [3.8, 4) is 0 Å². The second kappa shape index (κ2) is 4.45. The molecule has 1 spiro atoms. The van der Waals surface area contributed by atoms with Gasteiger partial charge in [0, 0.05) is 18.3 Å². The lowest BCUT2D eigenvalue weighted by Crippen LogP contribution is -2.66. The number of aliphatic hydroxyl groups excluding tert-OH is 2. The van der Waals surface area contributed by atoms with Crippen LogP contribution in [-0.2, 0) is 14.2 Å². The van der Waals surface area contributed by atoms with Crippen LogP contribution in [0.5, 0.6) is 0 Å². The van der Waals surface area contributed by atoms with E-state index in [1.165, 1.54) is 0 Å². The molecule has 0 radical (unpaired) electrons. The largest absolute Gasteiger partial charge is 0.396 e. The lowest BCUT2D eigenvalue weighted by Gasteiger charge is -2.63. The molecule has 7 atom stereocenters. The van der Waals surface area contributed by atoms with E-state index in [9.17, 15) is 10.2 Å². The average molecular weight is 312 g/mol. The molecule has 2 N–H and O–H groups in total. The summed E-state index contributed by atoms with van der Waals surface area (Å²) >= 11 is 0. The van der Waals surface area contributed by atoms with E-state index < -0.39 is 17.5 Å². The Morgan fingerprint density at radius 2 is 1.82 bits per heavy atom. The van der Waals surface area contributed by atoms with Gasteiger partial charge in [-0.15, -0.1) is 0 Å². The molecule has 2 saturated heterocycles. The van der Waals surface area contributed by atoms with Crippen molar-refractivity contribution in [2.24, 2.45) is 22.7 Å². The summed E-state index contributed by atoms with van der Waals surface area (Å²) in [5.41, 5.74) is -0.685. The van der Waals surface area contributed by atoms with E-state index in [-0.39, 0.29) is 29.5 Å². The van der Waals surface area contributed by atoms with Crippen LogP contribution in [-0.4, -0.2) is 47.7 Å². The summed E-state index contributed by atoms with van der Waals surface area (Å²) in [5, 5.41) is 20.5. The monoisotopic (exact) mass is 312 g/mol. The van der Waals surface area contributed by atoms with Gasteiger partial charge in [-0.2, -0.15) is 0 Å². The van der Waals surface area contributed by atoms with Crippen molar-refractivity contribution in [2.45, 2.75) is 64.1 Å². The van der Waals surface area contributed by atoms with E-state index in [2.05, 4.69) is 6.92 Å². The number of rotatable bonds is 1. The number of hydrogen-bond acceptors (Lipinski definition) is 5. The molecular weight excluding hydrogens is 284 g/mol. The van der Waals surface area contributed by atoms with Crippen molar-refractivity contribution in [2.75, 3.05) is 19.8 Å². The Morgan fingerprint density at radius 1 is 1.05 bits per heavy atom. The van der Waals surface area contributed by atoms with E-state index in [1.807, 2.05) is 13.8 Å². The predicted octanol–water partition coefficient (Wildman–Crippen LogP) is 1.66. The number of fused-ring (bicyclic) bond motifs is 3. The third-order valence-corrected chi connectivity index (χ3v) is 7.42. The first-order chi connectivity index (χ1) is 10.3. The van der Waals surface area contributed by atoms with E-state index in [4.69, 9.17) is 14.2 Å². The molecule has 2 saturated carbocycles. The van der Waals surface area contributed by atoms with Crippen LogP contribution in [0.25, 0.3) is 0 Å². The maximum Gasteiger partial charge on any atom is 0.280 e. The fourth-order valence-corrected chi connectivity index (χ4v) is 6.02. The van der Waals surface area contributed by atoms with E-state index in [1.54, 1.807) is 0 Å². The highest BCUT2D eigenvalue weighted by Crippen LogP contribution is 2.65. The minimum absolute atomic E-state index is 0.00396. The first-order valence-electron chi connectivity index (χ1n) is 8.55. The minimum atomic E-state index is -0.881. The predicted molar refractivity (Wildman–Crippen MR) is 78.9 cm³/mol. The fourth-order valence-electron chi connectivity index (χ4n) is 6.02. The Labute approximate surface area is 131 Å². The number of aliphatic hydroxyl groups is 2. The zero-order chi connectivity index (χ0) is 15.8. The molecule has 1 unspecified atom stereocenters. The Balaban J connectivity index is 1.73. The second-order valence-electron chi connectivity index (χ2n) is 8.50. The van der Waals surface area contributed by atoms with Crippen LogP contribution in [0, 0.1) is 22.7 Å². The molecule has 5 nitrogen and oxygen atoms in total. The molecule has 4 fully saturated rings. The van der Waals surface area contributed by atoms with Crippen molar-refractivity contribution in [3.05, 3.63) is 0 Å². The molecule has 126 valence electrons. The Kier molecular flexibility index (Phi) is 3.10. The molecule has 4 aliphatic rings. The SMILES string of the molecule is C[C@]12OC[C@@H]3[C@@](CCC4[C@](C)(CO)[C@H](O)CC[C@]43C)(CO1)O2. The molecule has 2 aliphatic carbocycles. The van der Waals surface area contributed by atoms with Crippen LogP contribution in [0.2, 0.25) is 0 Å². The Morgan fingerprint density at radius 3 is 2.55 bits per heavy atom. The molecule has 2 bridgehead atoms. The number of hydrogen-bond donors (Lipinski definition) is 2. The average Bonchev–Trinajstić information content (AvgIpc) is 2.73. The van der Waals surface area contributed by atoms with Crippen LogP contribution in [0.4, 0.5) is 0 Å². The molecule has 4 rings (SSSR count). The molecule has 5 heteroatoms. The molecule has 0 aromatic rings. The van der Waals surface area contributed by atoms with Crippen LogP contribution in [0.15, 0.2) is 0 Å². The van der Waals surface area contributed by atoms with Crippen LogP contribution < -0.4 is 0 Å². The highest BCUT2D eigenvalue weighted by molar-refractivity contribution is 5.14. The van der Waals surface area contributed by atoms with Crippen molar-refractivity contribution in [1.29, 1.82) is 0 Å². The van der Waals surface area contributed by atoms with Gasteiger partial charge < -0.3 is 24.4 Å². The van der Waals surface area contributed by atoms with Gasteiger partial charge in [-0.3, -0.25) is 0 Å². The van der Waals surface area contributed by atoms with E-state index in [0.29, 0.717) is 13.2 Å². The smallest absolute Gasteiger partial charge is 0.280 e. The van der Waals surface area contributed by atoms with E-state index in [0.717, 1.165) is 25.7 Å². The second-order valence-corrected chi connectivity index (χ2v) is 8.50. The van der Waals surface area contributed by atoms with Crippen LogP contribution in [0.3, 0.4) is 0 Å². The third kappa shape index (κ3) is 1.72. The summed E-state index contributed by atoms with van der Waals surface area (Å²) in [5.74, 6) is -0.344. The van der Waals surface area contributed by atoms with Crippen molar-refractivity contribution < 1.29 is 24.4 Å². The lowest BCUT2D eigenvalue weighted by molar-refractivity contribution is -0.389.